The van der Waals surface area contributed by atoms with E-state index < -0.39 is 17.7 Å². The third-order valence-corrected chi connectivity index (χ3v) is 3.77. The van der Waals surface area contributed by atoms with Crippen LogP contribution in [0.1, 0.15) is 30.5 Å². The second kappa shape index (κ2) is 6.95. The first-order valence-electron chi connectivity index (χ1n) is 6.51. The largest absolute Gasteiger partial charge is 0.492 e. The van der Waals surface area contributed by atoms with Gasteiger partial charge in [-0.25, -0.2) is 8.78 Å². The molecular formula is C15H15BrF2N2O. The van der Waals surface area contributed by atoms with Gasteiger partial charge in [0.15, 0.2) is 11.6 Å². The molecule has 112 valence electrons. The molecule has 3 nitrogen and oxygen atoms in total. The molecule has 2 aromatic rings. The van der Waals surface area contributed by atoms with E-state index in [1.165, 1.54) is 6.07 Å². The molecule has 6 heteroatoms. The maximum absolute atomic E-state index is 13.6. The molecule has 1 heterocycles. The SMILES string of the molecule is CCCOc1cncc(C(N)c2ccc(F)c(F)c2Br)c1. The molecule has 21 heavy (non-hydrogen) atoms. The molecule has 0 amide bonds. The van der Waals surface area contributed by atoms with E-state index in [4.69, 9.17) is 10.5 Å². The number of hydrogen-bond donors (Lipinski definition) is 1. The third-order valence-electron chi connectivity index (χ3n) is 2.97. The fourth-order valence-corrected chi connectivity index (χ4v) is 2.43. The lowest BCUT2D eigenvalue weighted by Gasteiger charge is -2.15. The lowest BCUT2D eigenvalue weighted by Crippen LogP contribution is -2.14. The summed E-state index contributed by atoms with van der Waals surface area (Å²) in [6, 6.07) is 3.63. The topological polar surface area (TPSA) is 48.1 Å². The lowest BCUT2D eigenvalue weighted by atomic mass is 10.0. The van der Waals surface area contributed by atoms with Crippen LogP contribution in [0.3, 0.4) is 0 Å². The van der Waals surface area contributed by atoms with Gasteiger partial charge in [0.25, 0.3) is 0 Å². The molecule has 0 bridgehead atoms. The highest BCUT2D eigenvalue weighted by Crippen LogP contribution is 2.31. The number of halogens is 3. The molecule has 0 spiro atoms. The average Bonchev–Trinajstić information content (AvgIpc) is 2.50. The van der Waals surface area contributed by atoms with Crippen LogP contribution in [-0.4, -0.2) is 11.6 Å². The second-order valence-electron chi connectivity index (χ2n) is 4.54. The first-order chi connectivity index (χ1) is 10.0. The molecule has 0 fully saturated rings. The summed E-state index contributed by atoms with van der Waals surface area (Å²) in [5.74, 6) is -1.27. The Hall–Kier alpha value is -1.53. The number of pyridine rings is 1. The standard InChI is InChI=1S/C15H15BrF2N2O/c1-2-5-21-10-6-9(7-20-8-10)15(19)11-3-4-12(17)14(18)13(11)16/h3-4,6-8,15H,2,5,19H2,1H3. The Morgan fingerprint density at radius 1 is 1.33 bits per heavy atom. The van der Waals surface area contributed by atoms with Crippen molar-refractivity contribution in [2.45, 2.75) is 19.4 Å². The Morgan fingerprint density at radius 2 is 2.10 bits per heavy atom. The lowest BCUT2D eigenvalue weighted by molar-refractivity contribution is 0.315. The van der Waals surface area contributed by atoms with Crippen LogP contribution in [-0.2, 0) is 0 Å². The zero-order valence-electron chi connectivity index (χ0n) is 11.4. The summed E-state index contributed by atoms with van der Waals surface area (Å²) in [4.78, 5) is 4.07. The zero-order chi connectivity index (χ0) is 15.4. The third kappa shape index (κ3) is 3.57. The van der Waals surface area contributed by atoms with Crippen molar-refractivity contribution in [3.05, 3.63) is 57.8 Å². The zero-order valence-corrected chi connectivity index (χ0v) is 13.0. The molecule has 0 saturated heterocycles. The predicted octanol–water partition coefficient (Wildman–Crippen LogP) is 3.96. The highest BCUT2D eigenvalue weighted by atomic mass is 79.9. The molecular weight excluding hydrogens is 342 g/mol. The van der Waals surface area contributed by atoms with Crippen LogP contribution in [0.5, 0.6) is 5.75 Å². The van der Waals surface area contributed by atoms with E-state index in [0.717, 1.165) is 12.5 Å². The van der Waals surface area contributed by atoms with Gasteiger partial charge >= 0.3 is 0 Å². The average molecular weight is 357 g/mol. The highest BCUT2D eigenvalue weighted by Gasteiger charge is 2.18. The Labute approximate surface area is 130 Å². The molecule has 0 saturated carbocycles. The fraction of sp³-hybridized carbons (Fsp3) is 0.267. The number of ether oxygens (including phenoxy) is 1. The van der Waals surface area contributed by atoms with Gasteiger partial charge in [0, 0.05) is 6.20 Å². The Kier molecular flexibility index (Phi) is 5.25. The first kappa shape index (κ1) is 15.9. The normalized spacial score (nSPS) is 12.2. The van der Waals surface area contributed by atoms with E-state index in [0.29, 0.717) is 23.5 Å². The van der Waals surface area contributed by atoms with E-state index in [1.807, 2.05) is 6.92 Å². The van der Waals surface area contributed by atoms with Crippen molar-refractivity contribution in [3.63, 3.8) is 0 Å². The molecule has 0 aliphatic carbocycles. The molecule has 1 atom stereocenters. The maximum atomic E-state index is 13.6. The van der Waals surface area contributed by atoms with E-state index in [2.05, 4.69) is 20.9 Å². The predicted molar refractivity (Wildman–Crippen MR) is 80.1 cm³/mol. The molecule has 2 rings (SSSR count). The Balaban J connectivity index is 2.31. The van der Waals surface area contributed by atoms with E-state index in [-0.39, 0.29) is 4.47 Å². The molecule has 0 aliphatic rings. The van der Waals surface area contributed by atoms with Crippen molar-refractivity contribution in [2.24, 2.45) is 5.73 Å². The molecule has 2 N–H and O–H groups in total. The summed E-state index contributed by atoms with van der Waals surface area (Å²) in [7, 11) is 0. The second-order valence-corrected chi connectivity index (χ2v) is 5.34. The van der Waals surface area contributed by atoms with Gasteiger partial charge in [-0.05, 0) is 45.6 Å². The van der Waals surface area contributed by atoms with E-state index in [1.54, 1.807) is 18.5 Å². The summed E-state index contributed by atoms with van der Waals surface area (Å²) < 4.78 is 32.3. The summed E-state index contributed by atoms with van der Waals surface area (Å²) in [5, 5.41) is 0. The minimum absolute atomic E-state index is 0.0230. The van der Waals surface area contributed by atoms with Crippen molar-refractivity contribution in [1.82, 2.24) is 4.98 Å². The van der Waals surface area contributed by atoms with Crippen LogP contribution >= 0.6 is 15.9 Å². The summed E-state index contributed by atoms with van der Waals surface area (Å²) in [6.07, 6.45) is 4.05. The van der Waals surface area contributed by atoms with Crippen molar-refractivity contribution in [2.75, 3.05) is 6.61 Å². The molecule has 1 aromatic carbocycles. The summed E-state index contributed by atoms with van der Waals surface area (Å²) in [5.41, 5.74) is 7.23. The molecule has 0 radical (unpaired) electrons. The minimum atomic E-state index is -0.950. The van der Waals surface area contributed by atoms with Gasteiger partial charge in [-0.2, -0.15) is 0 Å². The number of nitrogens with zero attached hydrogens (tertiary/aromatic N) is 1. The molecule has 1 unspecified atom stereocenters. The molecule has 0 aliphatic heterocycles. The van der Waals surface area contributed by atoms with Gasteiger partial charge in [-0.3, -0.25) is 4.98 Å². The van der Waals surface area contributed by atoms with Crippen molar-refractivity contribution in [3.8, 4) is 5.75 Å². The van der Waals surface area contributed by atoms with Crippen LogP contribution in [0, 0.1) is 11.6 Å². The van der Waals surface area contributed by atoms with E-state index >= 15 is 0 Å². The van der Waals surface area contributed by atoms with Crippen LogP contribution in [0.2, 0.25) is 0 Å². The fourth-order valence-electron chi connectivity index (χ4n) is 1.87. The van der Waals surface area contributed by atoms with Gasteiger partial charge in [0.05, 0.1) is 23.3 Å². The van der Waals surface area contributed by atoms with Crippen LogP contribution in [0.15, 0.2) is 35.1 Å². The molecule has 1 aromatic heterocycles. The van der Waals surface area contributed by atoms with Crippen molar-refractivity contribution in [1.29, 1.82) is 0 Å². The number of rotatable bonds is 5. The van der Waals surface area contributed by atoms with Gasteiger partial charge in [-0.1, -0.05) is 13.0 Å². The number of hydrogen-bond acceptors (Lipinski definition) is 3. The van der Waals surface area contributed by atoms with E-state index in [9.17, 15) is 8.78 Å². The number of nitrogens with two attached hydrogens (primary N) is 1. The van der Waals surface area contributed by atoms with Crippen LogP contribution in [0.4, 0.5) is 8.78 Å². The Morgan fingerprint density at radius 3 is 2.81 bits per heavy atom. The smallest absolute Gasteiger partial charge is 0.173 e. The highest BCUT2D eigenvalue weighted by molar-refractivity contribution is 9.10. The van der Waals surface area contributed by atoms with Gasteiger partial charge in [0.1, 0.15) is 5.75 Å². The minimum Gasteiger partial charge on any atom is -0.492 e. The van der Waals surface area contributed by atoms with Gasteiger partial charge < -0.3 is 10.5 Å². The summed E-state index contributed by atoms with van der Waals surface area (Å²) in [6.45, 7) is 2.58. The quantitative estimate of drug-likeness (QED) is 0.824. The van der Waals surface area contributed by atoms with Crippen LogP contribution < -0.4 is 10.5 Å². The summed E-state index contributed by atoms with van der Waals surface area (Å²) >= 11 is 3.04. The van der Waals surface area contributed by atoms with Gasteiger partial charge in [-0.15, -0.1) is 0 Å². The number of benzene rings is 1. The van der Waals surface area contributed by atoms with Crippen molar-refractivity contribution < 1.29 is 13.5 Å². The van der Waals surface area contributed by atoms with Crippen molar-refractivity contribution >= 4 is 15.9 Å². The first-order valence-corrected chi connectivity index (χ1v) is 7.30. The maximum Gasteiger partial charge on any atom is 0.173 e. The van der Waals surface area contributed by atoms with Gasteiger partial charge in [0.2, 0.25) is 0 Å². The van der Waals surface area contributed by atoms with Crippen LogP contribution in [0.25, 0.3) is 0 Å². The monoisotopic (exact) mass is 356 g/mol. The Bertz CT molecular complexity index is 637. The number of aromatic nitrogens is 1.